The van der Waals surface area contributed by atoms with Gasteiger partial charge < -0.3 is 10.1 Å². The maximum absolute atomic E-state index is 13.5. The summed E-state index contributed by atoms with van der Waals surface area (Å²) < 4.78 is 18.6. The quantitative estimate of drug-likeness (QED) is 0.852. The first-order chi connectivity index (χ1) is 10.1. The number of rotatable bonds is 5. The number of anilines is 1. The van der Waals surface area contributed by atoms with E-state index in [1.54, 1.807) is 19.2 Å². The molecule has 0 aliphatic rings. The van der Waals surface area contributed by atoms with E-state index >= 15 is 0 Å². The third kappa shape index (κ3) is 4.49. The molecule has 0 atom stereocenters. The molecule has 0 radical (unpaired) electrons. The van der Waals surface area contributed by atoms with Gasteiger partial charge in [0, 0.05) is 4.90 Å². The minimum atomic E-state index is -0.427. The van der Waals surface area contributed by atoms with E-state index < -0.39 is 5.82 Å². The van der Waals surface area contributed by atoms with Gasteiger partial charge in [-0.05, 0) is 48.9 Å². The Labute approximate surface area is 127 Å². The van der Waals surface area contributed by atoms with Gasteiger partial charge in [-0.3, -0.25) is 4.79 Å². The fourth-order valence-electron chi connectivity index (χ4n) is 1.74. The summed E-state index contributed by atoms with van der Waals surface area (Å²) in [5, 5.41) is 2.58. The number of hydrogen-bond donors (Lipinski definition) is 1. The Bertz CT molecular complexity index is 629. The van der Waals surface area contributed by atoms with E-state index in [0.29, 0.717) is 0 Å². The standard InChI is InChI=1S/C16H16FNO2S/c1-11-3-8-14(17)15(9-11)18-16(19)10-21-13-6-4-12(20-2)5-7-13/h3-9H,10H2,1-2H3,(H,18,19). The van der Waals surface area contributed by atoms with Gasteiger partial charge in [0.2, 0.25) is 5.91 Å². The number of aryl methyl sites for hydroxylation is 1. The Hall–Kier alpha value is -2.01. The predicted octanol–water partition coefficient (Wildman–Crippen LogP) is 3.87. The van der Waals surface area contributed by atoms with Crippen LogP contribution in [0.5, 0.6) is 5.75 Å². The van der Waals surface area contributed by atoms with E-state index in [0.717, 1.165) is 16.2 Å². The summed E-state index contributed by atoms with van der Waals surface area (Å²) in [5.74, 6) is 0.328. The van der Waals surface area contributed by atoms with E-state index in [4.69, 9.17) is 4.74 Å². The summed E-state index contributed by atoms with van der Waals surface area (Å²) in [7, 11) is 1.60. The number of hydrogen-bond acceptors (Lipinski definition) is 3. The van der Waals surface area contributed by atoms with Gasteiger partial charge in [-0.25, -0.2) is 4.39 Å². The van der Waals surface area contributed by atoms with Crippen molar-refractivity contribution >= 4 is 23.4 Å². The van der Waals surface area contributed by atoms with Crippen LogP contribution in [0, 0.1) is 12.7 Å². The molecule has 0 aliphatic heterocycles. The normalized spacial score (nSPS) is 10.2. The van der Waals surface area contributed by atoms with Gasteiger partial charge in [0.15, 0.2) is 0 Å². The average molecular weight is 305 g/mol. The molecular formula is C16H16FNO2S. The zero-order chi connectivity index (χ0) is 15.2. The summed E-state index contributed by atoms with van der Waals surface area (Å²) in [6, 6.07) is 12.1. The molecule has 2 aromatic carbocycles. The van der Waals surface area contributed by atoms with Crippen molar-refractivity contribution in [2.24, 2.45) is 0 Å². The van der Waals surface area contributed by atoms with Crippen molar-refractivity contribution < 1.29 is 13.9 Å². The summed E-state index contributed by atoms with van der Waals surface area (Å²) in [6.45, 7) is 1.85. The SMILES string of the molecule is COc1ccc(SCC(=O)Nc2cc(C)ccc2F)cc1. The highest BCUT2D eigenvalue weighted by molar-refractivity contribution is 8.00. The average Bonchev–Trinajstić information content (AvgIpc) is 2.49. The molecule has 1 N–H and O–H groups in total. The minimum absolute atomic E-state index is 0.218. The Morgan fingerprint density at radius 3 is 2.62 bits per heavy atom. The van der Waals surface area contributed by atoms with Crippen LogP contribution in [0.2, 0.25) is 0 Å². The van der Waals surface area contributed by atoms with E-state index in [-0.39, 0.29) is 17.3 Å². The lowest BCUT2D eigenvalue weighted by molar-refractivity contribution is -0.113. The van der Waals surface area contributed by atoms with E-state index in [2.05, 4.69) is 5.32 Å². The fraction of sp³-hybridized carbons (Fsp3) is 0.188. The molecule has 21 heavy (non-hydrogen) atoms. The molecule has 0 unspecified atom stereocenters. The lowest BCUT2D eigenvalue weighted by atomic mass is 10.2. The van der Waals surface area contributed by atoms with Crippen molar-refractivity contribution in [3.05, 3.63) is 53.8 Å². The maximum Gasteiger partial charge on any atom is 0.234 e. The number of thioether (sulfide) groups is 1. The Morgan fingerprint density at radius 1 is 1.24 bits per heavy atom. The minimum Gasteiger partial charge on any atom is -0.497 e. The molecule has 0 aliphatic carbocycles. The van der Waals surface area contributed by atoms with Crippen LogP contribution in [-0.4, -0.2) is 18.8 Å². The highest BCUT2D eigenvalue weighted by Gasteiger charge is 2.08. The second-order valence-corrected chi connectivity index (χ2v) is 5.54. The zero-order valence-electron chi connectivity index (χ0n) is 11.9. The van der Waals surface area contributed by atoms with Gasteiger partial charge in [-0.1, -0.05) is 6.07 Å². The fourth-order valence-corrected chi connectivity index (χ4v) is 2.44. The predicted molar refractivity (Wildman–Crippen MR) is 83.5 cm³/mol. The van der Waals surface area contributed by atoms with Gasteiger partial charge >= 0.3 is 0 Å². The van der Waals surface area contributed by atoms with E-state index in [1.165, 1.54) is 17.8 Å². The third-order valence-electron chi connectivity index (χ3n) is 2.83. The van der Waals surface area contributed by atoms with E-state index in [1.807, 2.05) is 31.2 Å². The van der Waals surface area contributed by atoms with Crippen LogP contribution in [-0.2, 0) is 4.79 Å². The van der Waals surface area contributed by atoms with Crippen molar-refractivity contribution in [1.29, 1.82) is 0 Å². The molecule has 0 aromatic heterocycles. The van der Waals surface area contributed by atoms with Gasteiger partial charge in [-0.15, -0.1) is 11.8 Å². The number of halogens is 1. The zero-order valence-corrected chi connectivity index (χ0v) is 12.7. The first-order valence-electron chi connectivity index (χ1n) is 6.41. The highest BCUT2D eigenvalue weighted by atomic mass is 32.2. The van der Waals surface area contributed by atoms with Crippen LogP contribution < -0.4 is 10.1 Å². The number of nitrogens with one attached hydrogen (secondary N) is 1. The smallest absolute Gasteiger partial charge is 0.234 e. The number of methoxy groups -OCH3 is 1. The molecular weight excluding hydrogens is 289 g/mol. The Morgan fingerprint density at radius 2 is 1.95 bits per heavy atom. The summed E-state index contributed by atoms with van der Waals surface area (Å²) in [4.78, 5) is 12.8. The molecule has 3 nitrogen and oxygen atoms in total. The summed E-state index contributed by atoms with van der Waals surface area (Å²) in [6.07, 6.45) is 0. The molecule has 2 rings (SSSR count). The van der Waals surface area contributed by atoms with Gasteiger partial charge in [0.1, 0.15) is 11.6 Å². The summed E-state index contributed by atoms with van der Waals surface area (Å²) >= 11 is 1.39. The monoisotopic (exact) mass is 305 g/mol. The molecule has 0 spiro atoms. The van der Waals surface area contributed by atoms with Crippen LogP contribution in [0.15, 0.2) is 47.4 Å². The highest BCUT2D eigenvalue weighted by Crippen LogP contribution is 2.22. The van der Waals surface area contributed by atoms with Crippen LogP contribution >= 0.6 is 11.8 Å². The molecule has 0 heterocycles. The number of carbonyl (C=O) groups excluding carboxylic acids is 1. The topological polar surface area (TPSA) is 38.3 Å². The Kier molecular flexibility index (Phi) is 5.22. The van der Waals surface area contributed by atoms with E-state index in [9.17, 15) is 9.18 Å². The van der Waals surface area contributed by atoms with Crippen molar-refractivity contribution in [1.82, 2.24) is 0 Å². The van der Waals surface area contributed by atoms with Crippen LogP contribution in [0.3, 0.4) is 0 Å². The second-order valence-electron chi connectivity index (χ2n) is 4.50. The van der Waals surface area contributed by atoms with Crippen molar-refractivity contribution in [2.45, 2.75) is 11.8 Å². The molecule has 1 amide bonds. The number of benzene rings is 2. The van der Waals surface area contributed by atoms with Gasteiger partial charge in [0.05, 0.1) is 18.6 Å². The number of ether oxygens (including phenoxy) is 1. The largest absolute Gasteiger partial charge is 0.497 e. The molecule has 110 valence electrons. The molecule has 2 aromatic rings. The summed E-state index contributed by atoms with van der Waals surface area (Å²) in [5.41, 5.74) is 1.12. The van der Waals surface area contributed by atoms with Gasteiger partial charge in [-0.2, -0.15) is 0 Å². The molecule has 5 heteroatoms. The van der Waals surface area contributed by atoms with Crippen molar-refractivity contribution in [2.75, 3.05) is 18.2 Å². The first kappa shape index (κ1) is 15.4. The number of carbonyl (C=O) groups is 1. The van der Waals surface area contributed by atoms with Crippen molar-refractivity contribution in [3.8, 4) is 5.75 Å². The number of amides is 1. The Balaban J connectivity index is 1.91. The van der Waals surface area contributed by atoms with Crippen LogP contribution in [0.4, 0.5) is 10.1 Å². The van der Waals surface area contributed by atoms with Crippen LogP contribution in [0.25, 0.3) is 0 Å². The first-order valence-corrected chi connectivity index (χ1v) is 7.40. The molecule has 0 bridgehead atoms. The third-order valence-corrected chi connectivity index (χ3v) is 3.84. The lowest BCUT2D eigenvalue weighted by Crippen LogP contribution is -2.15. The second kappa shape index (κ2) is 7.13. The van der Waals surface area contributed by atoms with Crippen LogP contribution in [0.1, 0.15) is 5.56 Å². The molecule has 0 saturated carbocycles. The lowest BCUT2D eigenvalue weighted by Gasteiger charge is -2.07. The molecule has 0 fully saturated rings. The van der Waals surface area contributed by atoms with Gasteiger partial charge in [0.25, 0.3) is 0 Å². The van der Waals surface area contributed by atoms with Crippen molar-refractivity contribution in [3.63, 3.8) is 0 Å². The maximum atomic E-state index is 13.5. The molecule has 0 saturated heterocycles.